The second-order valence-corrected chi connectivity index (χ2v) is 8.19. The van der Waals surface area contributed by atoms with Crippen LogP contribution in [0.3, 0.4) is 0 Å². The fourth-order valence-electron chi connectivity index (χ4n) is 2.95. The summed E-state index contributed by atoms with van der Waals surface area (Å²) in [5.41, 5.74) is 3.41. The van der Waals surface area contributed by atoms with Gasteiger partial charge in [0.2, 0.25) is 11.1 Å². The van der Waals surface area contributed by atoms with E-state index in [4.69, 9.17) is 0 Å². The maximum absolute atomic E-state index is 12.3. The van der Waals surface area contributed by atoms with E-state index in [1.165, 1.54) is 17.3 Å². The molecule has 1 amide bonds. The molecule has 3 rings (SSSR count). The van der Waals surface area contributed by atoms with E-state index in [2.05, 4.69) is 58.6 Å². The summed E-state index contributed by atoms with van der Waals surface area (Å²) in [6.45, 7) is 6.43. The highest BCUT2D eigenvalue weighted by molar-refractivity contribution is 7.99. The number of carbonyl (C=O) groups is 1. The molecular weight excluding hydrogens is 368 g/mol. The van der Waals surface area contributed by atoms with Crippen LogP contribution in [0, 0.1) is 5.92 Å². The predicted octanol–water partition coefficient (Wildman–Crippen LogP) is 4.64. The van der Waals surface area contributed by atoms with Crippen molar-refractivity contribution >= 4 is 17.7 Å². The Hall–Kier alpha value is -2.60. The number of hydrogen-bond acceptors (Lipinski definition) is 4. The number of carbonyl (C=O) groups excluding carboxylic acids is 1. The lowest BCUT2D eigenvalue weighted by atomic mass is 10.00. The van der Waals surface area contributed by atoms with Gasteiger partial charge < -0.3 is 5.32 Å². The lowest BCUT2D eigenvalue weighted by Gasteiger charge is -2.15. The third kappa shape index (κ3) is 5.70. The number of thioether (sulfide) groups is 1. The largest absolute Gasteiger partial charge is 0.349 e. The quantitative estimate of drug-likeness (QED) is 0.546. The first-order valence-electron chi connectivity index (χ1n) is 9.50. The number of nitrogens with zero attached hydrogens (tertiary/aromatic N) is 2. The van der Waals surface area contributed by atoms with E-state index in [9.17, 15) is 4.79 Å². The molecule has 1 heterocycles. The van der Waals surface area contributed by atoms with Gasteiger partial charge in [-0.1, -0.05) is 80.2 Å². The highest BCUT2D eigenvalue weighted by Gasteiger charge is 2.12. The highest BCUT2D eigenvalue weighted by atomic mass is 32.2. The van der Waals surface area contributed by atoms with Crippen LogP contribution >= 0.6 is 11.8 Å². The summed E-state index contributed by atoms with van der Waals surface area (Å²) in [5.74, 6) is 1.59. The summed E-state index contributed by atoms with van der Waals surface area (Å²) in [5, 5.41) is 10.7. The molecule has 146 valence electrons. The second-order valence-electron chi connectivity index (χ2n) is 7.25. The van der Waals surface area contributed by atoms with Crippen molar-refractivity contribution in [2.24, 2.45) is 5.92 Å². The van der Waals surface area contributed by atoms with Gasteiger partial charge in [-0.3, -0.25) is 9.89 Å². The van der Waals surface area contributed by atoms with Crippen molar-refractivity contribution in [2.45, 2.75) is 38.4 Å². The zero-order valence-corrected chi connectivity index (χ0v) is 17.3. The van der Waals surface area contributed by atoms with Crippen LogP contribution in [-0.4, -0.2) is 26.8 Å². The molecular formula is C22H26N4OS. The maximum Gasteiger partial charge on any atom is 0.230 e. The standard InChI is InChI=1S/C22H26N4OS/c1-15(2)13-17-9-11-18(12-10-17)16(3)23-20(27)14-28-22-24-21(25-26-22)19-7-5-4-6-8-19/h4-12,15-16H,13-14H2,1-3H3,(H,23,27)(H,24,25,26)/t16-/m0/s1. The topological polar surface area (TPSA) is 70.7 Å². The number of aromatic nitrogens is 3. The minimum Gasteiger partial charge on any atom is -0.349 e. The Labute approximate surface area is 170 Å². The van der Waals surface area contributed by atoms with Crippen molar-refractivity contribution in [3.63, 3.8) is 0 Å². The fourth-order valence-corrected chi connectivity index (χ4v) is 3.56. The molecule has 0 fully saturated rings. The molecule has 5 nitrogen and oxygen atoms in total. The van der Waals surface area contributed by atoms with Crippen LogP contribution in [0.4, 0.5) is 0 Å². The molecule has 2 N–H and O–H groups in total. The van der Waals surface area contributed by atoms with Crippen LogP contribution in [0.1, 0.15) is 37.9 Å². The Morgan fingerprint density at radius 1 is 1.07 bits per heavy atom. The second kappa shape index (κ2) is 9.55. The fraction of sp³-hybridized carbons (Fsp3) is 0.318. The summed E-state index contributed by atoms with van der Waals surface area (Å²) in [6.07, 6.45) is 1.07. The van der Waals surface area contributed by atoms with Crippen LogP contribution in [-0.2, 0) is 11.2 Å². The third-order valence-corrected chi connectivity index (χ3v) is 5.19. The number of nitrogens with one attached hydrogen (secondary N) is 2. The van der Waals surface area contributed by atoms with Gasteiger partial charge in [0, 0.05) is 5.56 Å². The number of benzene rings is 2. The van der Waals surface area contributed by atoms with E-state index < -0.39 is 0 Å². The van der Waals surface area contributed by atoms with Crippen LogP contribution in [0.25, 0.3) is 11.4 Å². The molecule has 0 aliphatic carbocycles. The van der Waals surface area contributed by atoms with Gasteiger partial charge in [0.25, 0.3) is 0 Å². The maximum atomic E-state index is 12.3. The van der Waals surface area contributed by atoms with Gasteiger partial charge >= 0.3 is 0 Å². The van der Waals surface area contributed by atoms with E-state index in [0.717, 1.165) is 17.5 Å². The summed E-state index contributed by atoms with van der Waals surface area (Å²) in [4.78, 5) is 16.7. The van der Waals surface area contributed by atoms with Crippen LogP contribution < -0.4 is 5.32 Å². The first-order valence-corrected chi connectivity index (χ1v) is 10.5. The first-order chi connectivity index (χ1) is 13.5. The van der Waals surface area contributed by atoms with Gasteiger partial charge in [-0.15, -0.1) is 5.10 Å². The molecule has 0 radical (unpaired) electrons. The van der Waals surface area contributed by atoms with Crippen molar-refractivity contribution < 1.29 is 4.79 Å². The Kier molecular flexibility index (Phi) is 6.87. The molecule has 1 atom stereocenters. The lowest BCUT2D eigenvalue weighted by molar-refractivity contribution is -0.119. The van der Waals surface area contributed by atoms with Crippen molar-refractivity contribution in [3.05, 3.63) is 65.7 Å². The molecule has 0 unspecified atom stereocenters. The van der Waals surface area contributed by atoms with Crippen molar-refractivity contribution in [2.75, 3.05) is 5.75 Å². The molecule has 0 saturated carbocycles. The summed E-state index contributed by atoms with van der Waals surface area (Å²) < 4.78 is 0. The summed E-state index contributed by atoms with van der Waals surface area (Å²) in [7, 11) is 0. The highest BCUT2D eigenvalue weighted by Crippen LogP contribution is 2.19. The van der Waals surface area contributed by atoms with Crippen molar-refractivity contribution in [1.29, 1.82) is 0 Å². The molecule has 3 aromatic rings. The molecule has 1 aromatic heterocycles. The van der Waals surface area contributed by atoms with E-state index in [1.807, 2.05) is 37.3 Å². The number of H-pyrrole nitrogens is 1. The zero-order valence-electron chi connectivity index (χ0n) is 16.5. The molecule has 6 heteroatoms. The first kappa shape index (κ1) is 20.1. The van der Waals surface area contributed by atoms with E-state index in [-0.39, 0.29) is 17.7 Å². The molecule has 28 heavy (non-hydrogen) atoms. The number of aromatic amines is 1. The molecule has 0 spiro atoms. The molecule has 0 saturated heterocycles. The number of hydrogen-bond donors (Lipinski definition) is 2. The Morgan fingerprint density at radius 3 is 2.46 bits per heavy atom. The van der Waals surface area contributed by atoms with Crippen LogP contribution in [0.15, 0.2) is 59.8 Å². The number of rotatable bonds is 8. The van der Waals surface area contributed by atoms with Crippen molar-refractivity contribution in [1.82, 2.24) is 20.5 Å². The normalized spacial score (nSPS) is 12.1. The van der Waals surface area contributed by atoms with Gasteiger partial charge in [0.05, 0.1) is 11.8 Å². The summed E-state index contributed by atoms with van der Waals surface area (Å²) >= 11 is 1.32. The smallest absolute Gasteiger partial charge is 0.230 e. The average Bonchev–Trinajstić information content (AvgIpc) is 3.16. The van der Waals surface area contributed by atoms with Crippen LogP contribution in [0.2, 0.25) is 0 Å². The predicted molar refractivity (Wildman–Crippen MR) is 114 cm³/mol. The third-order valence-electron chi connectivity index (χ3n) is 4.35. The van der Waals surface area contributed by atoms with Gasteiger partial charge in [0.1, 0.15) is 0 Å². The minimum atomic E-state index is -0.0341. The van der Waals surface area contributed by atoms with Crippen LogP contribution in [0.5, 0.6) is 0 Å². The van der Waals surface area contributed by atoms with Gasteiger partial charge in [-0.2, -0.15) is 0 Å². The SMILES string of the molecule is CC(C)Cc1ccc([C@H](C)NC(=O)CSc2n[nH]c(-c3ccccc3)n2)cc1. The minimum absolute atomic E-state index is 0.0326. The van der Waals surface area contributed by atoms with Gasteiger partial charge in [-0.25, -0.2) is 4.98 Å². The molecule has 0 aliphatic heterocycles. The molecule has 0 aliphatic rings. The zero-order chi connectivity index (χ0) is 19.9. The summed E-state index contributed by atoms with van der Waals surface area (Å²) in [6, 6.07) is 18.2. The number of amides is 1. The molecule has 0 bridgehead atoms. The van der Waals surface area contributed by atoms with E-state index in [0.29, 0.717) is 16.9 Å². The van der Waals surface area contributed by atoms with E-state index in [1.54, 1.807) is 0 Å². The Balaban J connectivity index is 1.49. The van der Waals surface area contributed by atoms with Crippen molar-refractivity contribution in [3.8, 4) is 11.4 Å². The van der Waals surface area contributed by atoms with E-state index >= 15 is 0 Å². The average molecular weight is 395 g/mol. The van der Waals surface area contributed by atoms with Gasteiger partial charge in [0.15, 0.2) is 5.82 Å². The monoisotopic (exact) mass is 394 g/mol. The lowest BCUT2D eigenvalue weighted by Crippen LogP contribution is -2.28. The Morgan fingerprint density at radius 2 is 1.79 bits per heavy atom. The Bertz CT molecular complexity index is 890. The molecule has 2 aromatic carbocycles. The van der Waals surface area contributed by atoms with Gasteiger partial charge in [-0.05, 0) is 30.4 Å².